The lowest BCUT2D eigenvalue weighted by Crippen LogP contribution is -2.27. The Bertz CT molecular complexity index is 382. The summed E-state index contributed by atoms with van der Waals surface area (Å²) < 4.78 is 13.2. The van der Waals surface area contributed by atoms with Gasteiger partial charge < -0.3 is 10.0 Å². The second-order valence-corrected chi connectivity index (χ2v) is 4.32. The number of hydrogen-bond acceptors (Lipinski definition) is 2. The lowest BCUT2D eigenvalue weighted by molar-refractivity contribution is -0.136. The number of carboxylic acids is 1. The van der Waals surface area contributed by atoms with Gasteiger partial charge in [0.15, 0.2) is 0 Å². The summed E-state index contributed by atoms with van der Waals surface area (Å²) in [5.41, 5.74) is 0.757. The van der Waals surface area contributed by atoms with E-state index in [1.54, 1.807) is 6.07 Å². The molecule has 0 aliphatic heterocycles. The molecule has 0 spiro atoms. The highest BCUT2D eigenvalue weighted by molar-refractivity contribution is 5.67. The van der Waals surface area contributed by atoms with E-state index in [0.29, 0.717) is 6.54 Å². The molecule has 0 aliphatic rings. The van der Waals surface area contributed by atoms with Crippen molar-refractivity contribution in [3.8, 4) is 0 Å². The number of rotatable bonds is 8. The fourth-order valence-corrected chi connectivity index (χ4v) is 1.83. The van der Waals surface area contributed by atoms with Crippen molar-refractivity contribution in [2.75, 3.05) is 18.0 Å². The van der Waals surface area contributed by atoms with E-state index in [9.17, 15) is 9.18 Å². The molecule has 0 fully saturated rings. The van der Waals surface area contributed by atoms with Crippen LogP contribution < -0.4 is 4.90 Å². The summed E-state index contributed by atoms with van der Waals surface area (Å²) in [5.74, 6) is -1.12. The minimum absolute atomic E-state index is 0.0721. The summed E-state index contributed by atoms with van der Waals surface area (Å²) in [6.45, 7) is 3.30. The smallest absolute Gasteiger partial charge is 0.305 e. The summed E-state index contributed by atoms with van der Waals surface area (Å²) in [6, 6.07) is 6.31. The molecule has 0 saturated carbocycles. The Morgan fingerprint density at radius 2 is 2.11 bits per heavy atom. The first kappa shape index (κ1) is 14.5. The van der Waals surface area contributed by atoms with Gasteiger partial charge in [-0.05, 0) is 24.6 Å². The predicted octanol–water partition coefficient (Wildman–Crippen LogP) is 3.30. The lowest BCUT2D eigenvalue weighted by atomic mass is 10.2. The number of halogens is 1. The van der Waals surface area contributed by atoms with E-state index < -0.39 is 5.97 Å². The second-order valence-electron chi connectivity index (χ2n) is 4.32. The van der Waals surface area contributed by atoms with Gasteiger partial charge in [0.2, 0.25) is 0 Å². The quantitative estimate of drug-likeness (QED) is 0.723. The van der Waals surface area contributed by atoms with E-state index in [-0.39, 0.29) is 12.2 Å². The zero-order valence-electron chi connectivity index (χ0n) is 10.7. The van der Waals surface area contributed by atoms with E-state index in [1.807, 2.05) is 11.0 Å². The Labute approximate surface area is 107 Å². The first-order valence-electron chi connectivity index (χ1n) is 6.35. The molecular formula is C14H20FNO2. The van der Waals surface area contributed by atoms with Gasteiger partial charge in [-0.15, -0.1) is 0 Å². The molecule has 1 aromatic carbocycles. The summed E-state index contributed by atoms with van der Waals surface area (Å²) in [5, 5.41) is 8.73. The van der Waals surface area contributed by atoms with Gasteiger partial charge >= 0.3 is 5.97 Å². The molecule has 1 rings (SSSR count). The maximum absolute atomic E-state index is 13.2. The molecule has 0 radical (unpaired) electrons. The Hall–Kier alpha value is -1.58. The topological polar surface area (TPSA) is 40.5 Å². The number of aliphatic carboxylic acids is 1. The van der Waals surface area contributed by atoms with E-state index >= 15 is 0 Å². The molecule has 1 N–H and O–H groups in total. The van der Waals surface area contributed by atoms with Crippen LogP contribution in [0.3, 0.4) is 0 Å². The summed E-state index contributed by atoms with van der Waals surface area (Å²) in [7, 11) is 0. The predicted molar refractivity (Wildman–Crippen MR) is 70.4 cm³/mol. The fourth-order valence-electron chi connectivity index (χ4n) is 1.83. The molecule has 0 heterocycles. The van der Waals surface area contributed by atoms with Crippen LogP contribution in [0.2, 0.25) is 0 Å². The van der Waals surface area contributed by atoms with Gasteiger partial charge in [-0.2, -0.15) is 0 Å². The third kappa shape index (κ3) is 5.17. The molecule has 0 amide bonds. The number of carbonyl (C=O) groups is 1. The van der Waals surface area contributed by atoms with Crippen LogP contribution >= 0.6 is 0 Å². The van der Waals surface area contributed by atoms with Crippen LogP contribution in [0.25, 0.3) is 0 Å². The highest BCUT2D eigenvalue weighted by Gasteiger charge is 2.09. The first-order valence-corrected chi connectivity index (χ1v) is 6.35. The van der Waals surface area contributed by atoms with Gasteiger partial charge in [-0.25, -0.2) is 4.39 Å². The van der Waals surface area contributed by atoms with Crippen LogP contribution in [-0.2, 0) is 4.79 Å². The van der Waals surface area contributed by atoms with Crippen molar-refractivity contribution in [3.05, 3.63) is 30.1 Å². The largest absolute Gasteiger partial charge is 0.481 e. The SMILES string of the molecule is CCCCCN(CCC(=O)O)c1cccc(F)c1. The molecule has 0 atom stereocenters. The molecule has 0 bridgehead atoms. The van der Waals surface area contributed by atoms with Gasteiger partial charge in [-0.1, -0.05) is 25.8 Å². The van der Waals surface area contributed by atoms with Gasteiger partial charge in [0.25, 0.3) is 0 Å². The van der Waals surface area contributed by atoms with Gasteiger partial charge in [-0.3, -0.25) is 4.79 Å². The maximum Gasteiger partial charge on any atom is 0.305 e. The average molecular weight is 253 g/mol. The molecule has 0 saturated heterocycles. The molecule has 3 nitrogen and oxygen atoms in total. The van der Waals surface area contributed by atoms with Crippen molar-refractivity contribution in [1.82, 2.24) is 0 Å². The average Bonchev–Trinajstić information content (AvgIpc) is 2.33. The normalized spacial score (nSPS) is 10.3. The van der Waals surface area contributed by atoms with Crippen LogP contribution in [0, 0.1) is 5.82 Å². The highest BCUT2D eigenvalue weighted by atomic mass is 19.1. The zero-order chi connectivity index (χ0) is 13.4. The van der Waals surface area contributed by atoms with Crippen LogP contribution in [0.1, 0.15) is 32.6 Å². The van der Waals surface area contributed by atoms with E-state index in [2.05, 4.69) is 6.92 Å². The lowest BCUT2D eigenvalue weighted by Gasteiger charge is -2.24. The minimum Gasteiger partial charge on any atom is -0.481 e. The van der Waals surface area contributed by atoms with Crippen molar-refractivity contribution in [2.24, 2.45) is 0 Å². The van der Waals surface area contributed by atoms with E-state index in [0.717, 1.165) is 31.5 Å². The third-order valence-corrected chi connectivity index (χ3v) is 2.80. The van der Waals surface area contributed by atoms with E-state index in [4.69, 9.17) is 5.11 Å². The molecule has 0 aliphatic carbocycles. The molecule has 4 heteroatoms. The molecule has 0 aromatic heterocycles. The van der Waals surface area contributed by atoms with Gasteiger partial charge in [0, 0.05) is 18.8 Å². The van der Waals surface area contributed by atoms with Crippen LogP contribution in [0.4, 0.5) is 10.1 Å². The Balaban J connectivity index is 2.66. The molecule has 1 aromatic rings. The molecular weight excluding hydrogens is 233 g/mol. The van der Waals surface area contributed by atoms with Crippen molar-refractivity contribution in [2.45, 2.75) is 32.6 Å². The van der Waals surface area contributed by atoms with Crippen LogP contribution in [0.5, 0.6) is 0 Å². The number of benzene rings is 1. The zero-order valence-corrected chi connectivity index (χ0v) is 10.7. The van der Waals surface area contributed by atoms with Crippen molar-refractivity contribution < 1.29 is 14.3 Å². The Morgan fingerprint density at radius 1 is 1.33 bits per heavy atom. The van der Waals surface area contributed by atoms with Crippen LogP contribution in [0.15, 0.2) is 24.3 Å². The maximum atomic E-state index is 13.2. The monoisotopic (exact) mass is 253 g/mol. The molecule has 100 valence electrons. The Kier molecular flexibility index (Phi) is 6.19. The summed E-state index contributed by atoms with van der Waals surface area (Å²) in [6.07, 6.45) is 3.27. The molecule has 0 unspecified atom stereocenters. The molecule has 18 heavy (non-hydrogen) atoms. The van der Waals surface area contributed by atoms with Crippen molar-refractivity contribution >= 4 is 11.7 Å². The number of anilines is 1. The number of nitrogens with zero attached hydrogens (tertiary/aromatic N) is 1. The summed E-state index contributed by atoms with van der Waals surface area (Å²) in [4.78, 5) is 12.6. The highest BCUT2D eigenvalue weighted by Crippen LogP contribution is 2.17. The van der Waals surface area contributed by atoms with Crippen LogP contribution in [-0.4, -0.2) is 24.2 Å². The number of unbranched alkanes of at least 4 members (excludes halogenated alkanes) is 2. The van der Waals surface area contributed by atoms with E-state index in [1.165, 1.54) is 12.1 Å². The summed E-state index contributed by atoms with van der Waals surface area (Å²) >= 11 is 0. The van der Waals surface area contributed by atoms with Crippen molar-refractivity contribution in [1.29, 1.82) is 0 Å². The standard InChI is InChI=1S/C14H20FNO2/c1-2-3-4-9-16(10-8-14(17)18)13-7-5-6-12(15)11-13/h5-7,11H,2-4,8-10H2,1H3,(H,17,18). The van der Waals surface area contributed by atoms with Gasteiger partial charge in [0.1, 0.15) is 5.82 Å². The minimum atomic E-state index is -0.827. The third-order valence-electron chi connectivity index (χ3n) is 2.80. The number of hydrogen-bond donors (Lipinski definition) is 1. The number of carboxylic acid groups (broad SMARTS) is 1. The second kappa shape index (κ2) is 7.69. The first-order chi connectivity index (χ1) is 8.63. The fraction of sp³-hybridized carbons (Fsp3) is 0.500. The van der Waals surface area contributed by atoms with Gasteiger partial charge in [0.05, 0.1) is 6.42 Å². The Morgan fingerprint density at radius 3 is 2.72 bits per heavy atom. The van der Waals surface area contributed by atoms with Crippen molar-refractivity contribution in [3.63, 3.8) is 0 Å².